The van der Waals surface area contributed by atoms with Gasteiger partial charge >= 0.3 is 12.5 Å². The minimum absolute atomic E-state index is 0.0640. The molecule has 1 atom stereocenters. The Morgan fingerprint density at radius 1 is 1.25 bits per heavy atom. The predicted molar refractivity (Wildman–Crippen MR) is 96.1 cm³/mol. The third-order valence-corrected chi connectivity index (χ3v) is 4.96. The van der Waals surface area contributed by atoms with Gasteiger partial charge in [0.1, 0.15) is 17.1 Å². The number of nitrogens with one attached hydrogen (secondary N) is 1. The number of fused-ring (bicyclic) bond motifs is 1. The number of hydrogen-bond acceptors (Lipinski definition) is 5. The molecule has 3 aromatic heterocycles. The van der Waals surface area contributed by atoms with Gasteiger partial charge in [0, 0.05) is 24.4 Å². The molecule has 0 radical (unpaired) electrons. The highest BCUT2D eigenvalue weighted by Crippen LogP contribution is 2.35. The number of pyridine rings is 1. The molecule has 4 rings (SSSR count). The Balaban J connectivity index is 1.60. The first-order valence-corrected chi connectivity index (χ1v) is 9.41. The Morgan fingerprint density at radius 3 is 2.66 bits per heavy atom. The Morgan fingerprint density at radius 2 is 2.00 bits per heavy atom. The van der Waals surface area contributed by atoms with Crippen LogP contribution in [-0.2, 0) is 18.9 Å². The lowest BCUT2D eigenvalue weighted by atomic mass is 9.96. The molecule has 1 amide bonds. The number of aryl methyl sites for hydroxylation is 2. The molecule has 7 nitrogen and oxygen atoms in total. The first-order valence-electron chi connectivity index (χ1n) is 9.41. The largest absolute Gasteiger partial charge is 0.504 e. The highest BCUT2D eigenvalue weighted by atomic mass is 19.4. The Kier molecular flexibility index (Phi) is 5.21. The molecular weight excluding hydrogens is 444 g/mol. The van der Waals surface area contributed by atoms with Crippen LogP contribution >= 0.6 is 0 Å². The second-order valence-electron chi connectivity index (χ2n) is 7.21. The number of hydrogen-bond donors (Lipinski definition) is 1. The van der Waals surface area contributed by atoms with Crippen LogP contribution < -0.4 is 5.32 Å². The number of alkyl halides is 6. The highest BCUT2D eigenvalue weighted by molar-refractivity contribution is 5.95. The number of amides is 1. The number of halogens is 6. The van der Waals surface area contributed by atoms with E-state index in [-0.39, 0.29) is 27.4 Å². The lowest BCUT2D eigenvalue weighted by molar-refractivity contribution is -0.212. The number of carbonyl (C=O) groups excluding carboxylic acids is 1. The number of nitrogens with zero attached hydrogens (tertiary/aromatic N) is 4. The molecule has 3 heterocycles. The summed E-state index contributed by atoms with van der Waals surface area (Å²) in [6.45, 7) is 1.28. The molecule has 1 aliphatic rings. The Hall–Kier alpha value is -3.38. The van der Waals surface area contributed by atoms with Crippen molar-refractivity contribution >= 4 is 5.91 Å². The SMILES string of the molecule is Cc1nn(C(F)(F)F)cc1C(=O)N[C@H]1CCCc2oc(-c3ccnc(C(F)(F)F)c3)nc21. The van der Waals surface area contributed by atoms with Crippen molar-refractivity contribution in [1.82, 2.24) is 25.1 Å². The quantitative estimate of drug-likeness (QED) is 0.581. The van der Waals surface area contributed by atoms with Gasteiger partial charge < -0.3 is 9.73 Å². The van der Waals surface area contributed by atoms with Crippen LogP contribution in [0.15, 0.2) is 28.9 Å². The van der Waals surface area contributed by atoms with E-state index in [0.717, 1.165) is 12.3 Å². The minimum Gasteiger partial charge on any atom is -0.441 e. The molecule has 0 unspecified atom stereocenters. The van der Waals surface area contributed by atoms with Gasteiger partial charge in [-0.15, -0.1) is 13.2 Å². The van der Waals surface area contributed by atoms with E-state index in [2.05, 4.69) is 20.4 Å². The second kappa shape index (κ2) is 7.64. The minimum atomic E-state index is -4.76. The summed E-state index contributed by atoms with van der Waals surface area (Å²) >= 11 is 0. The number of aromatic nitrogens is 4. The summed E-state index contributed by atoms with van der Waals surface area (Å²) in [5.41, 5.74) is -1.07. The third-order valence-electron chi connectivity index (χ3n) is 4.96. The topological polar surface area (TPSA) is 85.8 Å². The molecule has 32 heavy (non-hydrogen) atoms. The first kappa shape index (κ1) is 21.8. The molecule has 0 bridgehead atoms. The zero-order valence-electron chi connectivity index (χ0n) is 16.4. The van der Waals surface area contributed by atoms with Crippen LogP contribution in [0.25, 0.3) is 11.5 Å². The molecule has 13 heteroatoms. The predicted octanol–water partition coefficient (Wildman–Crippen LogP) is 4.54. The fraction of sp³-hybridized carbons (Fsp3) is 0.368. The molecule has 1 N–H and O–H groups in total. The third kappa shape index (κ3) is 4.18. The van der Waals surface area contributed by atoms with E-state index in [9.17, 15) is 31.1 Å². The van der Waals surface area contributed by atoms with Crippen molar-refractivity contribution in [2.45, 2.75) is 44.7 Å². The average molecular weight is 459 g/mol. The summed E-state index contributed by atoms with van der Waals surface area (Å²) in [5.74, 6) is -0.446. The van der Waals surface area contributed by atoms with E-state index in [1.807, 2.05) is 0 Å². The number of carbonyl (C=O) groups is 1. The van der Waals surface area contributed by atoms with E-state index in [4.69, 9.17) is 4.42 Å². The van der Waals surface area contributed by atoms with Gasteiger partial charge in [0.25, 0.3) is 5.91 Å². The van der Waals surface area contributed by atoms with Crippen molar-refractivity contribution in [3.63, 3.8) is 0 Å². The van der Waals surface area contributed by atoms with Gasteiger partial charge in [-0.3, -0.25) is 9.78 Å². The van der Waals surface area contributed by atoms with E-state index in [1.54, 1.807) is 0 Å². The first-order chi connectivity index (χ1) is 14.9. The van der Waals surface area contributed by atoms with Gasteiger partial charge in [0.05, 0.1) is 17.3 Å². The molecular formula is C19H15F6N5O2. The summed E-state index contributed by atoms with van der Waals surface area (Å²) in [7, 11) is 0. The van der Waals surface area contributed by atoms with Crippen LogP contribution in [0.1, 0.15) is 52.1 Å². The van der Waals surface area contributed by atoms with Crippen LogP contribution in [0.4, 0.5) is 26.3 Å². The molecule has 0 saturated heterocycles. The van der Waals surface area contributed by atoms with Gasteiger partial charge in [0.15, 0.2) is 0 Å². The molecule has 0 fully saturated rings. The standard InChI is InChI=1S/C19H15F6N5O2/c1-9-11(8-30(29-9)19(23,24)25)16(31)27-12-3-2-4-13-15(12)28-17(32-13)10-5-6-26-14(7-10)18(20,21)22/h5-8,12H,2-4H2,1H3,(H,27,31)/t12-/m0/s1. The zero-order valence-corrected chi connectivity index (χ0v) is 16.4. The average Bonchev–Trinajstić information content (AvgIpc) is 3.32. The van der Waals surface area contributed by atoms with Crippen molar-refractivity contribution in [3.8, 4) is 11.5 Å². The van der Waals surface area contributed by atoms with Crippen LogP contribution in [0, 0.1) is 6.92 Å². The monoisotopic (exact) mass is 459 g/mol. The normalized spacial score (nSPS) is 16.7. The Labute approximate surface area is 176 Å². The zero-order chi connectivity index (χ0) is 23.3. The van der Waals surface area contributed by atoms with Crippen molar-refractivity contribution in [1.29, 1.82) is 0 Å². The maximum absolute atomic E-state index is 12.9. The summed E-state index contributed by atoms with van der Waals surface area (Å²) in [4.78, 5) is 20.1. The molecule has 3 aromatic rings. The van der Waals surface area contributed by atoms with E-state index in [0.29, 0.717) is 36.9 Å². The smallest absolute Gasteiger partial charge is 0.441 e. The fourth-order valence-corrected chi connectivity index (χ4v) is 3.45. The van der Waals surface area contributed by atoms with E-state index in [1.165, 1.54) is 13.0 Å². The van der Waals surface area contributed by atoms with Crippen molar-refractivity contribution in [2.75, 3.05) is 0 Å². The Bertz CT molecular complexity index is 1160. The van der Waals surface area contributed by atoms with Crippen LogP contribution in [0.5, 0.6) is 0 Å². The molecule has 170 valence electrons. The van der Waals surface area contributed by atoms with Gasteiger partial charge in [-0.2, -0.15) is 23.0 Å². The molecule has 0 spiro atoms. The van der Waals surface area contributed by atoms with Gasteiger partial charge in [-0.25, -0.2) is 4.98 Å². The lowest BCUT2D eigenvalue weighted by Crippen LogP contribution is -2.31. The van der Waals surface area contributed by atoms with Gasteiger partial charge in [-0.05, 0) is 31.9 Å². The number of oxazole rings is 1. The summed E-state index contributed by atoms with van der Waals surface area (Å²) < 4.78 is 82.7. The maximum atomic E-state index is 12.9. The molecule has 0 aliphatic heterocycles. The summed E-state index contributed by atoms with van der Waals surface area (Å²) in [6, 6.07) is 1.44. The van der Waals surface area contributed by atoms with Crippen LogP contribution in [-0.4, -0.2) is 25.7 Å². The second-order valence-corrected chi connectivity index (χ2v) is 7.21. The van der Waals surface area contributed by atoms with Gasteiger partial charge in [-0.1, -0.05) is 0 Å². The van der Waals surface area contributed by atoms with E-state index < -0.39 is 30.1 Å². The van der Waals surface area contributed by atoms with Crippen molar-refractivity contribution in [2.24, 2.45) is 0 Å². The van der Waals surface area contributed by atoms with E-state index >= 15 is 0 Å². The van der Waals surface area contributed by atoms with Gasteiger partial charge in [0.2, 0.25) is 5.89 Å². The highest BCUT2D eigenvalue weighted by Gasteiger charge is 2.35. The van der Waals surface area contributed by atoms with Crippen molar-refractivity contribution in [3.05, 3.63) is 52.9 Å². The summed E-state index contributed by atoms with van der Waals surface area (Å²) in [5, 5.41) is 5.93. The van der Waals surface area contributed by atoms with Crippen LogP contribution in [0.3, 0.4) is 0 Å². The summed E-state index contributed by atoms with van der Waals surface area (Å²) in [6.07, 6.45) is -6.35. The van der Waals surface area contributed by atoms with Crippen molar-refractivity contribution < 1.29 is 35.6 Å². The molecule has 0 aromatic carbocycles. The lowest BCUT2D eigenvalue weighted by Gasteiger charge is -2.21. The molecule has 0 saturated carbocycles. The van der Waals surface area contributed by atoms with Crippen LogP contribution in [0.2, 0.25) is 0 Å². The fourth-order valence-electron chi connectivity index (χ4n) is 3.45. The molecule has 1 aliphatic carbocycles. The maximum Gasteiger partial charge on any atom is 0.504 e. The number of rotatable bonds is 3.